The van der Waals surface area contributed by atoms with Crippen LogP contribution in [0, 0.1) is 0 Å². The van der Waals surface area contributed by atoms with Crippen molar-refractivity contribution in [2.75, 3.05) is 0 Å². The molecule has 0 radical (unpaired) electrons. The summed E-state index contributed by atoms with van der Waals surface area (Å²) < 4.78 is 0. The van der Waals surface area contributed by atoms with E-state index in [4.69, 9.17) is 0 Å². The van der Waals surface area contributed by atoms with E-state index in [0.717, 1.165) is 12.0 Å². The number of hydrogen-bond donors (Lipinski definition) is 0. The zero-order valence-corrected chi connectivity index (χ0v) is 8.77. The third-order valence-corrected chi connectivity index (χ3v) is 5.00. The van der Waals surface area contributed by atoms with Crippen LogP contribution in [0.25, 0.3) is 0 Å². The van der Waals surface area contributed by atoms with E-state index in [-0.39, 0.29) is 0 Å². The second kappa shape index (κ2) is 2.59. The Morgan fingerprint density at radius 1 is 1.45 bits per heavy atom. The quantitative estimate of drug-likeness (QED) is 0.550. The molecule has 0 fully saturated rings. The molecule has 0 bridgehead atoms. The van der Waals surface area contributed by atoms with Crippen LogP contribution >= 0.6 is 0 Å². The Kier molecular flexibility index (Phi) is 2.05. The maximum atomic E-state index is 11.2. The molecular weight excluding hydrogens is 152 g/mol. The number of carbonyl (C=O) groups is 1. The molecule has 1 aliphatic rings. The zero-order chi connectivity index (χ0) is 8.65. The third kappa shape index (κ3) is 1.80. The Labute approximate surface area is 69.5 Å². The summed E-state index contributed by atoms with van der Waals surface area (Å²) in [6.45, 7) is 8.89. The van der Waals surface area contributed by atoms with E-state index in [1.54, 1.807) is 0 Å². The summed E-state index contributed by atoms with van der Waals surface area (Å²) in [5, 5.41) is 0. The molecule has 0 N–H and O–H groups in total. The number of rotatable bonds is 1. The van der Waals surface area contributed by atoms with Gasteiger partial charge in [-0.15, -0.1) is 0 Å². The van der Waals surface area contributed by atoms with Crippen LogP contribution in [0.2, 0.25) is 25.2 Å². The molecule has 0 aromatic rings. The molecule has 0 aliphatic heterocycles. The maximum absolute atomic E-state index is 11.2. The highest BCUT2D eigenvalue weighted by Crippen LogP contribution is 2.34. The van der Waals surface area contributed by atoms with Crippen LogP contribution in [0.3, 0.4) is 0 Å². The summed E-state index contributed by atoms with van der Waals surface area (Å²) in [7, 11) is -1.10. The van der Waals surface area contributed by atoms with E-state index in [9.17, 15) is 4.79 Å². The van der Waals surface area contributed by atoms with Gasteiger partial charge in [0.15, 0.2) is 5.78 Å². The lowest BCUT2D eigenvalue weighted by molar-refractivity contribution is -0.114. The molecule has 0 saturated carbocycles. The van der Waals surface area contributed by atoms with Gasteiger partial charge in [-0.1, -0.05) is 25.7 Å². The molecule has 1 rings (SSSR count). The first-order valence-corrected chi connectivity index (χ1v) is 7.70. The van der Waals surface area contributed by atoms with E-state index < -0.39 is 8.07 Å². The Morgan fingerprint density at radius 2 is 2.00 bits per heavy atom. The van der Waals surface area contributed by atoms with Gasteiger partial charge in [0.05, 0.1) is 8.07 Å². The van der Waals surface area contributed by atoms with Gasteiger partial charge in [-0.3, -0.25) is 4.79 Å². The van der Waals surface area contributed by atoms with Crippen molar-refractivity contribution < 1.29 is 4.79 Å². The maximum Gasteiger partial charge on any atom is 0.158 e. The van der Waals surface area contributed by atoms with Gasteiger partial charge in [0.25, 0.3) is 0 Å². The van der Waals surface area contributed by atoms with Crippen LogP contribution in [0.4, 0.5) is 0 Å². The summed E-state index contributed by atoms with van der Waals surface area (Å²) in [6.07, 6.45) is 2.95. The summed E-state index contributed by atoms with van der Waals surface area (Å²) in [5.74, 6) is 0.359. The molecule has 11 heavy (non-hydrogen) atoms. The number of ketones is 1. The smallest absolute Gasteiger partial charge is 0.158 e. The molecule has 0 heterocycles. The summed E-state index contributed by atoms with van der Waals surface area (Å²) in [4.78, 5) is 11.2. The normalized spacial score (nSPS) is 25.6. The van der Waals surface area contributed by atoms with Gasteiger partial charge in [0.2, 0.25) is 0 Å². The second-order valence-electron chi connectivity index (χ2n) is 4.45. The van der Waals surface area contributed by atoms with Gasteiger partial charge in [0.1, 0.15) is 0 Å². The molecule has 1 nitrogen and oxygen atoms in total. The minimum absolute atomic E-state index is 0.359. The van der Waals surface area contributed by atoms with E-state index >= 15 is 0 Å². The largest absolute Gasteiger partial charge is 0.295 e. The Balaban J connectivity index is 2.76. The summed E-state index contributed by atoms with van der Waals surface area (Å²) >= 11 is 0. The van der Waals surface area contributed by atoms with Gasteiger partial charge in [-0.2, -0.15) is 0 Å². The highest BCUT2D eigenvalue weighted by Gasteiger charge is 2.31. The van der Waals surface area contributed by atoms with E-state index in [1.165, 1.54) is 0 Å². The van der Waals surface area contributed by atoms with Crippen molar-refractivity contribution in [1.82, 2.24) is 0 Å². The van der Waals surface area contributed by atoms with E-state index in [2.05, 4.69) is 25.7 Å². The van der Waals surface area contributed by atoms with Gasteiger partial charge >= 0.3 is 0 Å². The van der Waals surface area contributed by atoms with Crippen LogP contribution in [0.1, 0.15) is 13.3 Å². The molecule has 0 unspecified atom stereocenters. The SMILES string of the molecule is CC1=C[C@@H]([Si](C)(C)C)CC1=O. The minimum Gasteiger partial charge on any atom is -0.295 e. The predicted octanol–water partition coefficient (Wildman–Crippen LogP) is 2.61. The molecule has 1 aliphatic carbocycles. The molecule has 0 aromatic carbocycles. The fourth-order valence-corrected chi connectivity index (χ4v) is 2.92. The molecule has 0 amide bonds. The lowest BCUT2D eigenvalue weighted by Crippen LogP contribution is -2.26. The van der Waals surface area contributed by atoms with Crippen LogP contribution in [-0.4, -0.2) is 13.9 Å². The fraction of sp³-hybridized carbons (Fsp3) is 0.667. The first-order valence-electron chi connectivity index (χ1n) is 4.13. The summed E-state index contributed by atoms with van der Waals surface area (Å²) in [5.41, 5.74) is 1.58. The van der Waals surface area contributed by atoms with Crippen molar-refractivity contribution >= 4 is 13.9 Å². The Bertz CT molecular complexity index is 210. The van der Waals surface area contributed by atoms with E-state index in [0.29, 0.717) is 11.3 Å². The molecule has 0 spiro atoms. The first-order chi connectivity index (χ1) is 4.91. The van der Waals surface area contributed by atoms with Gasteiger partial charge in [0, 0.05) is 6.42 Å². The zero-order valence-electron chi connectivity index (χ0n) is 7.77. The van der Waals surface area contributed by atoms with Crippen LogP contribution in [0.15, 0.2) is 11.6 Å². The Morgan fingerprint density at radius 3 is 2.18 bits per heavy atom. The number of carbonyl (C=O) groups excluding carboxylic acids is 1. The highest BCUT2D eigenvalue weighted by molar-refractivity contribution is 6.78. The van der Waals surface area contributed by atoms with Gasteiger partial charge in [-0.25, -0.2) is 0 Å². The van der Waals surface area contributed by atoms with Crippen molar-refractivity contribution in [3.05, 3.63) is 11.6 Å². The fourth-order valence-electron chi connectivity index (χ4n) is 1.37. The van der Waals surface area contributed by atoms with Crippen LogP contribution in [0.5, 0.6) is 0 Å². The average molecular weight is 168 g/mol. The first kappa shape index (κ1) is 8.72. The Hall–Kier alpha value is -0.373. The van der Waals surface area contributed by atoms with Gasteiger partial charge in [-0.05, 0) is 18.0 Å². The monoisotopic (exact) mass is 168 g/mol. The number of allylic oxidation sites excluding steroid dienone is 2. The van der Waals surface area contributed by atoms with Crippen molar-refractivity contribution in [3.63, 3.8) is 0 Å². The van der Waals surface area contributed by atoms with Crippen molar-refractivity contribution in [1.29, 1.82) is 0 Å². The molecule has 1 atom stereocenters. The number of Topliss-reactive ketones (excluding diaryl/α,β-unsaturated/α-hetero) is 1. The van der Waals surface area contributed by atoms with E-state index in [1.807, 2.05) is 6.92 Å². The second-order valence-corrected chi connectivity index (χ2v) is 9.92. The molecular formula is C9H16OSi. The third-order valence-electron chi connectivity index (χ3n) is 2.41. The van der Waals surface area contributed by atoms with Gasteiger partial charge < -0.3 is 0 Å². The molecule has 0 saturated heterocycles. The van der Waals surface area contributed by atoms with Crippen molar-refractivity contribution in [2.24, 2.45) is 0 Å². The van der Waals surface area contributed by atoms with Crippen LogP contribution < -0.4 is 0 Å². The molecule has 2 heteroatoms. The lowest BCUT2D eigenvalue weighted by Gasteiger charge is -2.21. The molecule has 0 aromatic heterocycles. The van der Waals surface area contributed by atoms with Crippen LogP contribution in [-0.2, 0) is 4.79 Å². The highest BCUT2D eigenvalue weighted by atomic mass is 28.3. The molecule has 62 valence electrons. The van der Waals surface area contributed by atoms with Crippen molar-refractivity contribution in [3.8, 4) is 0 Å². The summed E-state index contributed by atoms with van der Waals surface area (Å²) in [6, 6.07) is 0. The topological polar surface area (TPSA) is 17.1 Å². The lowest BCUT2D eigenvalue weighted by atomic mass is 10.2. The van der Waals surface area contributed by atoms with Crippen molar-refractivity contribution in [2.45, 2.75) is 38.5 Å². The predicted molar refractivity (Wildman–Crippen MR) is 50.5 cm³/mol. The standard InChI is InChI=1S/C9H16OSi/c1-7-5-8(6-9(7)10)11(2,3)4/h5,8H,6H2,1-4H3/t8-/m1/s1. The minimum atomic E-state index is -1.10. The number of hydrogen-bond acceptors (Lipinski definition) is 1. The average Bonchev–Trinajstić information content (AvgIpc) is 2.11.